The van der Waals surface area contributed by atoms with Crippen molar-refractivity contribution in [3.8, 4) is 0 Å². The first kappa shape index (κ1) is 14.4. The molecule has 1 N–H and O–H groups in total. The minimum Gasteiger partial charge on any atom is -0.462 e. The van der Waals surface area contributed by atoms with Crippen LogP contribution in [0.1, 0.15) is 17.3 Å². The van der Waals surface area contributed by atoms with Crippen LogP contribution < -0.4 is 5.32 Å². The van der Waals surface area contributed by atoms with Gasteiger partial charge in [-0.1, -0.05) is 12.1 Å². The number of hydrogen-bond donors (Lipinski definition) is 1. The van der Waals surface area contributed by atoms with Crippen molar-refractivity contribution < 1.29 is 14.5 Å². The van der Waals surface area contributed by atoms with Crippen LogP contribution in [-0.2, 0) is 4.74 Å². The molecule has 0 fully saturated rings. The van der Waals surface area contributed by atoms with E-state index in [0.717, 1.165) is 0 Å². The molecule has 1 aromatic carbocycles. The van der Waals surface area contributed by atoms with E-state index in [1.54, 1.807) is 31.2 Å². The largest absolute Gasteiger partial charge is 0.462 e. The van der Waals surface area contributed by atoms with Crippen molar-refractivity contribution in [2.75, 3.05) is 11.9 Å². The molecule has 0 amide bonds. The summed E-state index contributed by atoms with van der Waals surface area (Å²) in [6.45, 7) is 1.95. The molecule has 0 atom stereocenters. The zero-order valence-electron chi connectivity index (χ0n) is 11.3. The van der Waals surface area contributed by atoms with Gasteiger partial charge in [-0.3, -0.25) is 10.1 Å². The van der Waals surface area contributed by atoms with Gasteiger partial charge in [0.05, 0.1) is 22.8 Å². The fourth-order valence-electron chi connectivity index (χ4n) is 1.75. The molecule has 1 aromatic heterocycles. The molecule has 0 aliphatic rings. The van der Waals surface area contributed by atoms with Crippen LogP contribution in [0.2, 0.25) is 0 Å². The fraction of sp³-hybridized carbons (Fsp3) is 0.143. The average molecular weight is 287 g/mol. The van der Waals surface area contributed by atoms with Crippen LogP contribution >= 0.6 is 0 Å². The molecule has 0 aliphatic heterocycles. The molecule has 0 spiro atoms. The summed E-state index contributed by atoms with van der Waals surface area (Å²) in [5.41, 5.74) is 0.521. The van der Waals surface area contributed by atoms with Crippen molar-refractivity contribution in [3.63, 3.8) is 0 Å². The Kier molecular flexibility index (Phi) is 4.45. The van der Waals surface area contributed by atoms with Crippen molar-refractivity contribution in [1.29, 1.82) is 0 Å². The number of carbonyl (C=O) groups is 1. The molecule has 21 heavy (non-hydrogen) atoms. The van der Waals surface area contributed by atoms with E-state index < -0.39 is 10.9 Å². The summed E-state index contributed by atoms with van der Waals surface area (Å²) in [4.78, 5) is 26.2. The second-order valence-electron chi connectivity index (χ2n) is 4.02. The number of ether oxygens (including phenoxy) is 1. The lowest BCUT2D eigenvalue weighted by atomic mass is 10.2. The normalized spacial score (nSPS) is 9.95. The smallest absolute Gasteiger partial charge is 0.340 e. The highest BCUT2D eigenvalue weighted by molar-refractivity contribution is 5.96. The van der Waals surface area contributed by atoms with Gasteiger partial charge in [-0.2, -0.15) is 0 Å². The van der Waals surface area contributed by atoms with Crippen molar-refractivity contribution in [3.05, 3.63) is 58.3 Å². The summed E-state index contributed by atoms with van der Waals surface area (Å²) >= 11 is 0. The standard InChI is InChI=1S/C14H13N3O4/c1-2-21-14(18)10-6-3-4-7-11(10)16-13-12(17(19)20)8-5-9-15-13/h3-9H,2H2,1H3,(H,15,16). The lowest BCUT2D eigenvalue weighted by molar-refractivity contribution is -0.384. The first-order chi connectivity index (χ1) is 10.1. The van der Waals surface area contributed by atoms with E-state index in [1.165, 1.54) is 18.3 Å². The Bertz CT molecular complexity index is 673. The topological polar surface area (TPSA) is 94.4 Å². The first-order valence-corrected chi connectivity index (χ1v) is 6.26. The van der Waals surface area contributed by atoms with Crippen LogP contribution in [-0.4, -0.2) is 22.5 Å². The summed E-state index contributed by atoms with van der Waals surface area (Å²) in [5, 5.41) is 13.8. The molecule has 2 rings (SSSR count). The molecule has 7 nitrogen and oxygen atoms in total. The van der Waals surface area contributed by atoms with Crippen LogP contribution in [0.5, 0.6) is 0 Å². The molecule has 2 aromatic rings. The number of carbonyl (C=O) groups excluding carboxylic acids is 1. The average Bonchev–Trinajstić information content (AvgIpc) is 2.48. The minimum atomic E-state index is -0.539. The molecule has 0 saturated carbocycles. The van der Waals surface area contributed by atoms with Crippen molar-refractivity contribution in [2.24, 2.45) is 0 Å². The number of anilines is 2. The molecule has 0 unspecified atom stereocenters. The van der Waals surface area contributed by atoms with Crippen molar-refractivity contribution in [2.45, 2.75) is 6.92 Å². The molecule has 0 aliphatic carbocycles. The summed E-state index contributed by atoms with van der Waals surface area (Å²) in [5.74, 6) is -0.432. The number of rotatable bonds is 5. The second-order valence-corrected chi connectivity index (χ2v) is 4.02. The molecule has 0 saturated heterocycles. The third kappa shape index (κ3) is 3.33. The third-order valence-corrected chi connectivity index (χ3v) is 2.66. The Balaban J connectivity index is 2.37. The third-order valence-electron chi connectivity index (χ3n) is 2.66. The highest BCUT2D eigenvalue weighted by Crippen LogP contribution is 2.26. The number of para-hydroxylation sites is 1. The number of benzene rings is 1. The predicted molar refractivity (Wildman–Crippen MR) is 76.6 cm³/mol. The Hall–Kier alpha value is -2.96. The SMILES string of the molecule is CCOC(=O)c1ccccc1Nc1ncccc1[N+](=O)[O-]. The van der Waals surface area contributed by atoms with E-state index >= 15 is 0 Å². The highest BCUT2D eigenvalue weighted by atomic mass is 16.6. The summed E-state index contributed by atoms with van der Waals surface area (Å²) in [7, 11) is 0. The molecular weight excluding hydrogens is 274 g/mol. The molecule has 1 heterocycles. The zero-order chi connectivity index (χ0) is 15.2. The van der Waals surface area contributed by atoms with E-state index in [0.29, 0.717) is 11.3 Å². The van der Waals surface area contributed by atoms with Gasteiger partial charge < -0.3 is 10.1 Å². The molecule has 0 radical (unpaired) electrons. The minimum absolute atomic E-state index is 0.0687. The number of pyridine rings is 1. The van der Waals surface area contributed by atoms with Gasteiger partial charge >= 0.3 is 11.7 Å². The van der Waals surface area contributed by atoms with E-state index in [4.69, 9.17) is 4.74 Å². The number of esters is 1. The van der Waals surface area contributed by atoms with Gasteiger partial charge in [0.2, 0.25) is 5.82 Å². The number of nitrogens with zero attached hydrogens (tertiary/aromatic N) is 2. The maximum atomic E-state index is 11.9. The van der Waals surface area contributed by atoms with E-state index in [2.05, 4.69) is 10.3 Å². The van der Waals surface area contributed by atoms with Crippen LogP contribution in [0.3, 0.4) is 0 Å². The highest BCUT2D eigenvalue weighted by Gasteiger charge is 2.17. The number of nitro groups is 1. The zero-order valence-corrected chi connectivity index (χ0v) is 11.3. The number of aromatic nitrogens is 1. The Morgan fingerprint density at radius 2 is 2.10 bits per heavy atom. The summed E-state index contributed by atoms with van der Waals surface area (Å²) < 4.78 is 4.95. The molecular formula is C14H13N3O4. The van der Waals surface area contributed by atoms with Crippen LogP contribution in [0, 0.1) is 10.1 Å². The lowest BCUT2D eigenvalue weighted by Crippen LogP contribution is -2.08. The Morgan fingerprint density at radius 3 is 2.81 bits per heavy atom. The first-order valence-electron chi connectivity index (χ1n) is 6.26. The van der Waals surface area contributed by atoms with Gasteiger partial charge in [-0.25, -0.2) is 9.78 Å². The quantitative estimate of drug-likeness (QED) is 0.516. The number of nitrogens with one attached hydrogen (secondary N) is 1. The van der Waals surface area contributed by atoms with E-state index in [9.17, 15) is 14.9 Å². The maximum Gasteiger partial charge on any atom is 0.340 e. The van der Waals surface area contributed by atoms with Gasteiger partial charge in [-0.05, 0) is 25.1 Å². The second kappa shape index (κ2) is 6.47. The van der Waals surface area contributed by atoms with Gasteiger partial charge in [0, 0.05) is 12.3 Å². The monoisotopic (exact) mass is 287 g/mol. The lowest BCUT2D eigenvalue weighted by Gasteiger charge is -2.10. The van der Waals surface area contributed by atoms with Gasteiger partial charge in [0.15, 0.2) is 0 Å². The fourth-order valence-corrected chi connectivity index (χ4v) is 1.75. The number of hydrogen-bond acceptors (Lipinski definition) is 6. The van der Waals surface area contributed by atoms with Gasteiger partial charge in [0.1, 0.15) is 0 Å². The van der Waals surface area contributed by atoms with Crippen LogP contribution in [0.25, 0.3) is 0 Å². The van der Waals surface area contributed by atoms with E-state index in [1.807, 2.05) is 0 Å². The Labute approximate surface area is 120 Å². The van der Waals surface area contributed by atoms with Crippen LogP contribution in [0.4, 0.5) is 17.2 Å². The molecule has 7 heteroatoms. The summed E-state index contributed by atoms with van der Waals surface area (Å²) in [6, 6.07) is 9.41. The van der Waals surface area contributed by atoms with E-state index in [-0.39, 0.29) is 18.1 Å². The van der Waals surface area contributed by atoms with Crippen molar-refractivity contribution in [1.82, 2.24) is 4.98 Å². The van der Waals surface area contributed by atoms with Gasteiger partial charge in [-0.15, -0.1) is 0 Å². The summed E-state index contributed by atoms with van der Waals surface area (Å²) in [6.07, 6.45) is 1.43. The van der Waals surface area contributed by atoms with Crippen molar-refractivity contribution >= 4 is 23.2 Å². The van der Waals surface area contributed by atoms with Crippen LogP contribution in [0.15, 0.2) is 42.6 Å². The maximum absolute atomic E-state index is 11.9. The molecule has 108 valence electrons. The Morgan fingerprint density at radius 1 is 1.33 bits per heavy atom. The molecule has 0 bridgehead atoms. The predicted octanol–water partition coefficient (Wildman–Crippen LogP) is 2.91. The van der Waals surface area contributed by atoms with Gasteiger partial charge in [0.25, 0.3) is 0 Å².